The zero-order valence-corrected chi connectivity index (χ0v) is 9.31. The number of hydrogen-bond acceptors (Lipinski definition) is 2. The quantitative estimate of drug-likeness (QED) is 0.806. The Bertz CT molecular complexity index is 237. The van der Waals surface area contributed by atoms with Crippen LogP contribution in [0.15, 0.2) is 0 Å². The Hall–Kier alpha value is -0.780. The van der Waals surface area contributed by atoms with Crippen LogP contribution < -0.4 is 5.32 Å². The molecular weight excluding hydrogens is 221 g/mol. The molecule has 1 rings (SSSR count). The van der Waals surface area contributed by atoms with Crippen molar-refractivity contribution < 1.29 is 18.0 Å². The average molecular weight is 238 g/mol. The summed E-state index contributed by atoms with van der Waals surface area (Å²) in [5, 5.41) is 3.07. The van der Waals surface area contributed by atoms with Gasteiger partial charge in [0.05, 0.1) is 12.3 Å². The highest BCUT2D eigenvalue weighted by molar-refractivity contribution is 5.78. The molecule has 0 saturated carbocycles. The third kappa shape index (κ3) is 4.38. The van der Waals surface area contributed by atoms with Crippen LogP contribution in [0.4, 0.5) is 13.2 Å². The topological polar surface area (TPSA) is 32.3 Å². The predicted octanol–water partition coefficient (Wildman–Crippen LogP) is 1.40. The van der Waals surface area contributed by atoms with Gasteiger partial charge in [0, 0.05) is 20.1 Å². The molecule has 0 unspecified atom stereocenters. The smallest absolute Gasteiger partial charge is 0.345 e. The molecule has 0 spiro atoms. The molecule has 1 amide bonds. The fourth-order valence-electron chi connectivity index (χ4n) is 1.78. The minimum atomic E-state index is -4.20. The molecule has 0 radical (unpaired) electrons. The third-order valence-electron chi connectivity index (χ3n) is 2.75. The van der Waals surface area contributed by atoms with E-state index in [1.165, 1.54) is 11.9 Å². The van der Waals surface area contributed by atoms with Crippen LogP contribution in [0.25, 0.3) is 0 Å². The van der Waals surface area contributed by atoms with Gasteiger partial charge in [-0.1, -0.05) is 0 Å². The van der Waals surface area contributed by atoms with Crippen molar-refractivity contribution in [2.45, 2.75) is 25.4 Å². The highest BCUT2D eigenvalue weighted by Crippen LogP contribution is 2.20. The van der Waals surface area contributed by atoms with Crippen molar-refractivity contribution in [3.63, 3.8) is 0 Å². The van der Waals surface area contributed by atoms with Gasteiger partial charge >= 0.3 is 6.18 Å². The van der Waals surface area contributed by atoms with Gasteiger partial charge < -0.3 is 10.2 Å². The first kappa shape index (κ1) is 13.3. The summed E-state index contributed by atoms with van der Waals surface area (Å²) in [5.41, 5.74) is 0. The van der Waals surface area contributed by atoms with E-state index in [0.717, 1.165) is 19.4 Å². The Balaban J connectivity index is 2.34. The van der Waals surface area contributed by atoms with Gasteiger partial charge in [-0.3, -0.25) is 4.79 Å². The molecule has 0 bridgehead atoms. The largest absolute Gasteiger partial charge is 0.390 e. The molecule has 1 saturated heterocycles. The Morgan fingerprint density at radius 2 is 2.19 bits per heavy atom. The number of carbonyl (C=O) groups excluding carboxylic acids is 1. The number of nitrogens with one attached hydrogen (secondary N) is 1. The maximum Gasteiger partial charge on any atom is 0.390 e. The number of nitrogens with zero attached hydrogens (tertiary/aromatic N) is 1. The van der Waals surface area contributed by atoms with E-state index in [1.54, 1.807) is 0 Å². The number of piperidine rings is 1. The second kappa shape index (κ2) is 5.52. The van der Waals surface area contributed by atoms with Crippen molar-refractivity contribution in [2.75, 3.05) is 26.7 Å². The molecule has 0 aromatic rings. The van der Waals surface area contributed by atoms with Gasteiger partial charge in [-0.2, -0.15) is 13.2 Å². The summed E-state index contributed by atoms with van der Waals surface area (Å²) in [6, 6.07) is 0. The van der Waals surface area contributed by atoms with E-state index in [9.17, 15) is 18.0 Å². The number of carbonyl (C=O) groups is 1. The lowest BCUT2D eigenvalue weighted by Gasteiger charge is -2.27. The number of alkyl halides is 3. The van der Waals surface area contributed by atoms with Crippen LogP contribution >= 0.6 is 0 Å². The molecule has 0 aromatic heterocycles. The van der Waals surface area contributed by atoms with Gasteiger partial charge in [0.15, 0.2) is 0 Å². The first-order valence-corrected chi connectivity index (χ1v) is 5.42. The van der Waals surface area contributed by atoms with Crippen LogP contribution in [0.1, 0.15) is 19.3 Å². The summed E-state index contributed by atoms with van der Waals surface area (Å²) in [6.07, 6.45) is -3.46. The van der Waals surface area contributed by atoms with E-state index in [0.29, 0.717) is 6.54 Å². The van der Waals surface area contributed by atoms with Crippen LogP contribution in [0.5, 0.6) is 0 Å². The Morgan fingerprint density at radius 3 is 2.69 bits per heavy atom. The standard InChI is InChI=1S/C10H17F3N2O/c1-15(6-4-10(11,12)13)9(16)8-3-2-5-14-7-8/h8,14H,2-7H2,1H3/t8-/m1/s1. The van der Waals surface area contributed by atoms with Gasteiger partial charge in [-0.05, 0) is 19.4 Å². The molecule has 1 atom stereocenters. The van der Waals surface area contributed by atoms with Crippen molar-refractivity contribution in [3.05, 3.63) is 0 Å². The van der Waals surface area contributed by atoms with E-state index < -0.39 is 12.6 Å². The molecule has 6 heteroatoms. The fraction of sp³-hybridized carbons (Fsp3) is 0.900. The number of rotatable bonds is 3. The summed E-state index contributed by atoms with van der Waals surface area (Å²) < 4.78 is 35.9. The second-order valence-electron chi connectivity index (χ2n) is 4.17. The minimum absolute atomic E-state index is 0.160. The summed E-state index contributed by atoms with van der Waals surface area (Å²) in [7, 11) is 1.43. The van der Waals surface area contributed by atoms with Crippen molar-refractivity contribution in [1.82, 2.24) is 10.2 Å². The SMILES string of the molecule is CN(CCC(F)(F)F)C(=O)[C@@H]1CCCNC1. The molecule has 1 aliphatic rings. The van der Waals surface area contributed by atoms with E-state index in [1.807, 2.05) is 0 Å². The predicted molar refractivity (Wildman–Crippen MR) is 53.9 cm³/mol. The summed E-state index contributed by atoms with van der Waals surface area (Å²) in [5.74, 6) is -0.344. The summed E-state index contributed by atoms with van der Waals surface area (Å²) >= 11 is 0. The summed E-state index contributed by atoms with van der Waals surface area (Å²) in [6.45, 7) is 1.21. The molecule has 3 nitrogen and oxygen atoms in total. The van der Waals surface area contributed by atoms with Gasteiger partial charge in [0.2, 0.25) is 5.91 Å². The molecule has 1 aliphatic heterocycles. The zero-order valence-electron chi connectivity index (χ0n) is 9.31. The Labute approximate surface area is 93.0 Å². The molecule has 94 valence electrons. The van der Waals surface area contributed by atoms with E-state index >= 15 is 0 Å². The molecule has 1 heterocycles. The monoisotopic (exact) mass is 238 g/mol. The second-order valence-corrected chi connectivity index (χ2v) is 4.17. The highest BCUT2D eigenvalue weighted by atomic mass is 19.4. The average Bonchev–Trinajstić information content (AvgIpc) is 2.25. The lowest BCUT2D eigenvalue weighted by atomic mass is 9.98. The number of amides is 1. The van der Waals surface area contributed by atoms with Crippen LogP contribution in [-0.2, 0) is 4.79 Å². The Kier molecular flexibility index (Phi) is 4.58. The van der Waals surface area contributed by atoms with Crippen LogP contribution in [0.2, 0.25) is 0 Å². The van der Waals surface area contributed by atoms with Crippen molar-refractivity contribution in [3.8, 4) is 0 Å². The molecule has 0 aliphatic carbocycles. The van der Waals surface area contributed by atoms with Gasteiger partial charge in [0.25, 0.3) is 0 Å². The highest BCUT2D eigenvalue weighted by Gasteiger charge is 2.30. The number of hydrogen-bond donors (Lipinski definition) is 1. The first-order valence-electron chi connectivity index (χ1n) is 5.42. The van der Waals surface area contributed by atoms with Crippen molar-refractivity contribution in [2.24, 2.45) is 5.92 Å². The summed E-state index contributed by atoms with van der Waals surface area (Å²) in [4.78, 5) is 12.9. The maximum atomic E-state index is 12.0. The first-order chi connectivity index (χ1) is 7.40. The third-order valence-corrected chi connectivity index (χ3v) is 2.75. The molecule has 0 aromatic carbocycles. The normalized spacial score (nSPS) is 21.9. The number of halogens is 3. The zero-order chi connectivity index (χ0) is 12.2. The van der Waals surface area contributed by atoms with Crippen molar-refractivity contribution >= 4 is 5.91 Å². The van der Waals surface area contributed by atoms with E-state index in [-0.39, 0.29) is 18.4 Å². The van der Waals surface area contributed by atoms with Gasteiger partial charge in [-0.15, -0.1) is 0 Å². The van der Waals surface area contributed by atoms with E-state index in [4.69, 9.17) is 0 Å². The van der Waals surface area contributed by atoms with Crippen LogP contribution in [-0.4, -0.2) is 43.7 Å². The molecule has 16 heavy (non-hydrogen) atoms. The maximum absolute atomic E-state index is 12.0. The van der Waals surface area contributed by atoms with Gasteiger partial charge in [0.1, 0.15) is 0 Å². The van der Waals surface area contributed by atoms with Crippen molar-refractivity contribution in [1.29, 1.82) is 0 Å². The van der Waals surface area contributed by atoms with Crippen LogP contribution in [0.3, 0.4) is 0 Å². The fourth-order valence-corrected chi connectivity index (χ4v) is 1.78. The Morgan fingerprint density at radius 1 is 1.50 bits per heavy atom. The van der Waals surface area contributed by atoms with E-state index in [2.05, 4.69) is 5.32 Å². The molecule has 1 N–H and O–H groups in total. The van der Waals surface area contributed by atoms with Crippen LogP contribution in [0, 0.1) is 5.92 Å². The molecular formula is C10H17F3N2O. The minimum Gasteiger partial charge on any atom is -0.345 e. The van der Waals surface area contributed by atoms with Gasteiger partial charge in [-0.25, -0.2) is 0 Å². The lowest BCUT2D eigenvalue weighted by molar-refractivity contribution is -0.146. The molecule has 1 fully saturated rings. The lowest BCUT2D eigenvalue weighted by Crippen LogP contribution is -2.42.